The minimum absolute atomic E-state index is 0.00250. The van der Waals surface area contributed by atoms with E-state index >= 15 is 0 Å². The number of carbonyl (C=O) groups is 1. The molecule has 0 unspecified atom stereocenters. The Labute approximate surface area is 151 Å². The summed E-state index contributed by atoms with van der Waals surface area (Å²) in [6.07, 6.45) is 5.49. The number of pyridine rings is 1. The SMILES string of the molecule is CN(C)Cc1nc(C(=O)N[C@@H](Cc2ccncc2)C2CC(O)C2)cs1. The maximum Gasteiger partial charge on any atom is 0.270 e. The first-order valence-electron chi connectivity index (χ1n) is 8.48. The van der Waals surface area contributed by atoms with Crippen LogP contribution in [0.4, 0.5) is 0 Å². The van der Waals surface area contributed by atoms with E-state index in [1.807, 2.05) is 36.5 Å². The number of thiazole rings is 1. The summed E-state index contributed by atoms with van der Waals surface area (Å²) in [5.74, 6) is 0.161. The van der Waals surface area contributed by atoms with E-state index in [2.05, 4.69) is 15.3 Å². The minimum Gasteiger partial charge on any atom is -0.393 e. The Morgan fingerprint density at radius 1 is 1.40 bits per heavy atom. The number of aromatic nitrogens is 2. The van der Waals surface area contributed by atoms with Gasteiger partial charge in [0.15, 0.2) is 0 Å². The van der Waals surface area contributed by atoms with Gasteiger partial charge in [-0.05, 0) is 57.0 Å². The van der Waals surface area contributed by atoms with Crippen LogP contribution in [0, 0.1) is 5.92 Å². The molecule has 1 atom stereocenters. The van der Waals surface area contributed by atoms with Crippen molar-refractivity contribution in [2.45, 2.75) is 38.0 Å². The van der Waals surface area contributed by atoms with Crippen molar-refractivity contribution in [2.75, 3.05) is 14.1 Å². The molecule has 1 aliphatic rings. The molecule has 25 heavy (non-hydrogen) atoms. The maximum absolute atomic E-state index is 12.6. The molecule has 134 valence electrons. The quantitative estimate of drug-likeness (QED) is 0.786. The highest BCUT2D eigenvalue weighted by Gasteiger charge is 2.35. The Morgan fingerprint density at radius 2 is 2.12 bits per heavy atom. The third kappa shape index (κ3) is 4.84. The summed E-state index contributed by atoms with van der Waals surface area (Å²) < 4.78 is 0. The molecule has 0 radical (unpaired) electrons. The number of aliphatic hydroxyl groups excluding tert-OH is 1. The molecule has 0 aromatic carbocycles. The highest BCUT2D eigenvalue weighted by molar-refractivity contribution is 7.09. The van der Waals surface area contributed by atoms with Gasteiger partial charge in [0.25, 0.3) is 5.91 Å². The van der Waals surface area contributed by atoms with Crippen molar-refractivity contribution in [2.24, 2.45) is 5.92 Å². The van der Waals surface area contributed by atoms with Crippen LogP contribution in [0.25, 0.3) is 0 Å². The molecule has 2 heterocycles. The van der Waals surface area contributed by atoms with Crippen molar-refractivity contribution in [1.29, 1.82) is 0 Å². The molecule has 2 aromatic heterocycles. The summed E-state index contributed by atoms with van der Waals surface area (Å²) >= 11 is 1.50. The normalized spacial score (nSPS) is 21.0. The molecule has 3 rings (SSSR count). The Hall–Kier alpha value is -1.83. The molecular weight excluding hydrogens is 336 g/mol. The number of amides is 1. The fraction of sp³-hybridized carbons (Fsp3) is 0.500. The number of nitrogens with one attached hydrogen (secondary N) is 1. The van der Waals surface area contributed by atoms with Gasteiger partial charge in [-0.2, -0.15) is 0 Å². The van der Waals surface area contributed by atoms with Crippen LogP contribution in [-0.4, -0.2) is 52.1 Å². The number of hydrogen-bond acceptors (Lipinski definition) is 6. The van der Waals surface area contributed by atoms with E-state index in [1.54, 1.807) is 12.4 Å². The Kier molecular flexibility index (Phi) is 5.78. The van der Waals surface area contributed by atoms with E-state index in [9.17, 15) is 9.90 Å². The number of aliphatic hydroxyl groups is 1. The molecular formula is C18H24N4O2S. The van der Waals surface area contributed by atoms with Crippen molar-refractivity contribution in [3.05, 3.63) is 46.2 Å². The van der Waals surface area contributed by atoms with Crippen molar-refractivity contribution in [3.63, 3.8) is 0 Å². The molecule has 0 bridgehead atoms. The second-order valence-corrected chi connectivity index (χ2v) is 7.83. The lowest BCUT2D eigenvalue weighted by atomic mass is 9.75. The summed E-state index contributed by atoms with van der Waals surface area (Å²) in [7, 11) is 3.96. The van der Waals surface area contributed by atoms with Gasteiger partial charge in [0, 0.05) is 30.4 Å². The van der Waals surface area contributed by atoms with E-state index in [0.29, 0.717) is 11.6 Å². The van der Waals surface area contributed by atoms with Crippen molar-refractivity contribution >= 4 is 17.2 Å². The van der Waals surface area contributed by atoms with Crippen LogP contribution in [0.5, 0.6) is 0 Å². The Morgan fingerprint density at radius 3 is 2.76 bits per heavy atom. The lowest BCUT2D eigenvalue weighted by Crippen LogP contribution is -2.48. The lowest BCUT2D eigenvalue weighted by Gasteiger charge is -2.38. The summed E-state index contributed by atoms with van der Waals surface area (Å²) in [6.45, 7) is 0.729. The first-order chi connectivity index (χ1) is 12.0. The van der Waals surface area contributed by atoms with Gasteiger partial charge in [0.05, 0.1) is 6.10 Å². The molecule has 1 aliphatic carbocycles. The third-order valence-electron chi connectivity index (χ3n) is 4.48. The van der Waals surface area contributed by atoms with E-state index in [0.717, 1.165) is 36.4 Å². The maximum atomic E-state index is 12.6. The monoisotopic (exact) mass is 360 g/mol. The Bertz CT molecular complexity index is 698. The zero-order valence-electron chi connectivity index (χ0n) is 14.6. The van der Waals surface area contributed by atoms with E-state index < -0.39 is 0 Å². The molecule has 2 N–H and O–H groups in total. The third-order valence-corrected chi connectivity index (χ3v) is 5.31. The van der Waals surface area contributed by atoms with Crippen LogP contribution in [0.2, 0.25) is 0 Å². The predicted molar refractivity (Wildman–Crippen MR) is 97.4 cm³/mol. The highest BCUT2D eigenvalue weighted by atomic mass is 32.1. The minimum atomic E-state index is -0.243. The molecule has 1 amide bonds. The number of hydrogen-bond donors (Lipinski definition) is 2. The largest absolute Gasteiger partial charge is 0.393 e. The van der Waals surface area contributed by atoms with E-state index in [-0.39, 0.29) is 18.1 Å². The van der Waals surface area contributed by atoms with E-state index in [1.165, 1.54) is 11.3 Å². The van der Waals surface area contributed by atoms with Gasteiger partial charge in [-0.3, -0.25) is 9.78 Å². The molecule has 1 saturated carbocycles. The van der Waals surface area contributed by atoms with Gasteiger partial charge in [-0.25, -0.2) is 4.98 Å². The zero-order valence-corrected chi connectivity index (χ0v) is 15.4. The van der Waals surface area contributed by atoms with Crippen molar-refractivity contribution in [1.82, 2.24) is 20.2 Å². The molecule has 0 saturated heterocycles. The number of rotatable bonds is 7. The van der Waals surface area contributed by atoms with Crippen LogP contribution in [0.15, 0.2) is 29.9 Å². The number of carbonyl (C=O) groups excluding carboxylic acids is 1. The lowest BCUT2D eigenvalue weighted by molar-refractivity contribution is 0.0239. The fourth-order valence-electron chi connectivity index (χ4n) is 3.07. The zero-order chi connectivity index (χ0) is 17.8. The molecule has 7 heteroatoms. The second kappa shape index (κ2) is 8.03. The van der Waals surface area contributed by atoms with Crippen LogP contribution < -0.4 is 5.32 Å². The van der Waals surface area contributed by atoms with Gasteiger partial charge in [0.2, 0.25) is 0 Å². The van der Waals surface area contributed by atoms with Crippen LogP contribution in [-0.2, 0) is 13.0 Å². The van der Waals surface area contributed by atoms with Crippen LogP contribution >= 0.6 is 11.3 Å². The molecule has 2 aromatic rings. The molecule has 0 spiro atoms. The van der Waals surface area contributed by atoms with Gasteiger partial charge in [0.1, 0.15) is 10.7 Å². The van der Waals surface area contributed by atoms with Crippen molar-refractivity contribution in [3.8, 4) is 0 Å². The van der Waals surface area contributed by atoms with Crippen molar-refractivity contribution < 1.29 is 9.90 Å². The van der Waals surface area contributed by atoms with Crippen LogP contribution in [0.1, 0.15) is 33.9 Å². The highest BCUT2D eigenvalue weighted by Crippen LogP contribution is 2.32. The average molecular weight is 360 g/mol. The summed E-state index contributed by atoms with van der Waals surface area (Å²) in [4.78, 5) is 23.1. The van der Waals surface area contributed by atoms with Gasteiger partial charge < -0.3 is 15.3 Å². The molecule has 6 nitrogen and oxygen atoms in total. The first kappa shape index (κ1) is 18.0. The molecule has 1 fully saturated rings. The average Bonchev–Trinajstić information content (AvgIpc) is 3.00. The first-order valence-corrected chi connectivity index (χ1v) is 9.36. The number of nitrogens with zero attached hydrogens (tertiary/aromatic N) is 3. The second-order valence-electron chi connectivity index (χ2n) is 6.89. The fourth-order valence-corrected chi connectivity index (χ4v) is 3.96. The van der Waals surface area contributed by atoms with Gasteiger partial charge in [-0.1, -0.05) is 0 Å². The summed E-state index contributed by atoms with van der Waals surface area (Å²) in [5.41, 5.74) is 1.61. The Balaban J connectivity index is 1.66. The predicted octanol–water partition coefficient (Wildman–Crippen LogP) is 1.71. The van der Waals surface area contributed by atoms with Gasteiger partial charge >= 0.3 is 0 Å². The molecule has 0 aliphatic heterocycles. The summed E-state index contributed by atoms with van der Waals surface area (Å²) in [5, 5.41) is 15.5. The van der Waals surface area contributed by atoms with Gasteiger partial charge in [-0.15, -0.1) is 11.3 Å². The smallest absolute Gasteiger partial charge is 0.270 e. The standard InChI is InChI=1S/C18H24N4O2S/c1-22(2)10-17-20-16(11-25-17)18(24)21-15(13-8-14(23)9-13)7-12-3-5-19-6-4-12/h3-6,11,13-15,23H,7-10H2,1-2H3,(H,21,24)/t13?,14?,15-/m0/s1. The van der Waals surface area contributed by atoms with Crippen LogP contribution in [0.3, 0.4) is 0 Å². The van der Waals surface area contributed by atoms with E-state index in [4.69, 9.17) is 0 Å². The topological polar surface area (TPSA) is 78.4 Å². The summed E-state index contributed by atoms with van der Waals surface area (Å²) in [6, 6.07) is 3.93.